The van der Waals surface area contributed by atoms with Crippen molar-refractivity contribution in [3.63, 3.8) is 0 Å². The molecule has 0 aromatic rings. The lowest BCUT2D eigenvalue weighted by Gasteiger charge is -2.46. The second-order valence-corrected chi connectivity index (χ2v) is 4.55. The Labute approximate surface area is 85.6 Å². The van der Waals surface area contributed by atoms with Crippen LogP contribution in [0.25, 0.3) is 0 Å². The van der Waals surface area contributed by atoms with Gasteiger partial charge >= 0.3 is 0 Å². The Morgan fingerprint density at radius 2 is 2.00 bits per heavy atom. The molecule has 1 atom stereocenters. The summed E-state index contributed by atoms with van der Waals surface area (Å²) < 4.78 is 0. The summed E-state index contributed by atoms with van der Waals surface area (Å²) in [5.74, 6) is 1.08. The molecule has 2 fully saturated rings. The average Bonchev–Trinajstić information content (AvgIpc) is 2.24. The Balaban J connectivity index is 1.87. The first-order chi connectivity index (χ1) is 6.83. The molecule has 1 heterocycles. The van der Waals surface area contributed by atoms with Crippen molar-refractivity contribution in [1.82, 2.24) is 4.90 Å². The summed E-state index contributed by atoms with van der Waals surface area (Å²) in [4.78, 5) is 13.3. The number of likely N-dealkylation sites (tertiary alicyclic amines) is 1. The third-order valence-corrected chi connectivity index (χ3v) is 3.67. The number of rotatable bonds is 3. The quantitative estimate of drug-likeness (QED) is 0.688. The molecule has 0 radical (unpaired) electrons. The summed E-state index contributed by atoms with van der Waals surface area (Å²) in [6.45, 7) is 1.37. The highest BCUT2D eigenvalue weighted by molar-refractivity contribution is 5.83. The van der Waals surface area contributed by atoms with E-state index in [1.165, 1.54) is 32.1 Å². The minimum absolute atomic E-state index is 0.311. The maximum atomic E-state index is 11.3. The van der Waals surface area contributed by atoms with Crippen LogP contribution in [0.4, 0.5) is 0 Å². The second-order valence-electron chi connectivity index (χ2n) is 4.55. The zero-order chi connectivity index (χ0) is 9.97. The molecule has 2 rings (SSSR count). The Morgan fingerprint density at radius 1 is 1.29 bits per heavy atom. The monoisotopic (exact) mass is 196 g/mol. The molecule has 0 aromatic heterocycles. The summed E-state index contributed by atoms with van der Waals surface area (Å²) in [6.07, 6.45) is 7.51. The van der Waals surface area contributed by atoms with Gasteiger partial charge in [-0.05, 0) is 18.8 Å². The van der Waals surface area contributed by atoms with E-state index < -0.39 is 0 Å². The molecule has 3 heteroatoms. The minimum Gasteiger partial charge on any atom is -0.338 e. The van der Waals surface area contributed by atoms with Gasteiger partial charge in [0.1, 0.15) is 0 Å². The zero-order valence-electron chi connectivity index (χ0n) is 8.74. The summed E-state index contributed by atoms with van der Waals surface area (Å²) in [6, 6.07) is 0.534. The molecule has 0 spiro atoms. The van der Waals surface area contributed by atoms with E-state index in [2.05, 4.69) is 0 Å². The highest BCUT2D eigenvalue weighted by Gasteiger charge is 2.40. The Morgan fingerprint density at radius 3 is 2.57 bits per heavy atom. The van der Waals surface area contributed by atoms with Crippen molar-refractivity contribution in [1.29, 1.82) is 0 Å². The van der Waals surface area contributed by atoms with Crippen LogP contribution in [0.2, 0.25) is 0 Å². The van der Waals surface area contributed by atoms with Crippen molar-refractivity contribution in [3.05, 3.63) is 0 Å². The molecule has 2 aliphatic rings. The first-order valence-electron chi connectivity index (χ1n) is 5.82. The van der Waals surface area contributed by atoms with Crippen LogP contribution in [0.15, 0.2) is 0 Å². The molecule has 14 heavy (non-hydrogen) atoms. The first kappa shape index (κ1) is 9.97. The van der Waals surface area contributed by atoms with E-state index in [-0.39, 0.29) is 0 Å². The molecule has 80 valence electrons. The Hall–Kier alpha value is -0.570. The summed E-state index contributed by atoms with van der Waals surface area (Å²) in [7, 11) is 0. The van der Waals surface area contributed by atoms with E-state index in [0.29, 0.717) is 18.5 Å². The summed E-state index contributed by atoms with van der Waals surface area (Å²) in [5.41, 5.74) is 5.50. The van der Waals surface area contributed by atoms with Gasteiger partial charge < -0.3 is 10.6 Å². The van der Waals surface area contributed by atoms with Gasteiger partial charge in [-0.15, -0.1) is 0 Å². The molecule has 1 saturated carbocycles. The van der Waals surface area contributed by atoms with Crippen LogP contribution >= 0.6 is 0 Å². The van der Waals surface area contributed by atoms with Gasteiger partial charge in [-0.25, -0.2) is 0 Å². The maximum absolute atomic E-state index is 11.3. The topological polar surface area (TPSA) is 46.3 Å². The molecule has 3 nitrogen and oxygen atoms in total. The summed E-state index contributed by atoms with van der Waals surface area (Å²) in [5, 5.41) is 0. The van der Waals surface area contributed by atoms with Gasteiger partial charge in [-0.1, -0.05) is 19.3 Å². The maximum Gasteiger partial charge on any atom is 0.224 e. The Kier molecular flexibility index (Phi) is 3.06. The molecule has 1 amide bonds. The lowest BCUT2D eigenvalue weighted by atomic mass is 9.78. The number of carbonyl (C=O) groups excluding carboxylic acids is 1. The number of amides is 1. The van der Waals surface area contributed by atoms with Gasteiger partial charge in [0.15, 0.2) is 0 Å². The number of carbonyl (C=O) groups is 1. The fraction of sp³-hybridized carbons (Fsp3) is 0.909. The molecular weight excluding hydrogens is 176 g/mol. The van der Waals surface area contributed by atoms with Gasteiger partial charge in [-0.2, -0.15) is 0 Å². The van der Waals surface area contributed by atoms with Crippen molar-refractivity contribution >= 4 is 5.91 Å². The first-order valence-corrected chi connectivity index (χ1v) is 5.82. The fourth-order valence-corrected chi connectivity index (χ4v) is 2.85. The van der Waals surface area contributed by atoms with Gasteiger partial charge in [0.2, 0.25) is 5.91 Å². The highest BCUT2D eigenvalue weighted by Crippen LogP contribution is 2.35. The lowest BCUT2D eigenvalue weighted by molar-refractivity contribution is -0.149. The molecule has 2 N–H and O–H groups in total. The molecule has 1 unspecified atom stereocenters. The SMILES string of the molecule is NCCN1C(=O)CC1C1CCCCC1. The predicted octanol–water partition coefficient (Wildman–Crippen LogP) is 1.13. The van der Waals surface area contributed by atoms with Crippen LogP contribution in [0, 0.1) is 5.92 Å². The molecule has 0 bridgehead atoms. The van der Waals surface area contributed by atoms with E-state index in [9.17, 15) is 4.79 Å². The van der Waals surface area contributed by atoms with Crippen molar-refractivity contribution in [2.24, 2.45) is 11.7 Å². The standard InChI is InChI=1S/C11H20N2O/c12-6-7-13-10(8-11(13)14)9-4-2-1-3-5-9/h9-10H,1-8,12H2. The molecule has 1 saturated heterocycles. The Bertz CT molecular complexity index is 211. The average molecular weight is 196 g/mol. The van der Waals surface area contributed by atoms with Crippen molar-refractivity contribution in [3.8, 4) is 0 Å². The third kappa shape index (κ3) is 1.78. The van der Waals surface area contributed by atoms with Crippen LogP contribution in [0.5, 0.6) is 0 Å². The van der Waals surface area contributed by atoms with Crippen LogP contribution in [-0.2, 0) is 4.79 Å². The van der Waals surface area contributed by atoms with Gasteiger partial charge in [0.05, 0.1) is 0 Å². The fourth-order valence-electron chi connectivity index (χ4n) is 2.85. The molecule has 1 aliphatic heterocycles. The number of nitrogens with zero attached hydrogens (tertiary/aromatic N) is 1. The highest BCUT2D eigenvalue weighted by atomic mass is 16.2. The molecular formula is C11H20N2O. The second kappa shape index (κ2) is 4.30. The van der Waals surface area contributed by atoms with Crippen molar-refractivity contribution < 1.29 is 4.79 Å². The predicted molar refractivity (Wildman–Crippen MR) is 55.7 cm³/mol. The van der Waals surface area contributed by atoms with Crippen LogP contribution in [0.3, 0.4) is 0 Å². The summed E-state index contributed by atoms with van der Waals surface area (Å²) >= 11 is 0. The van der Waals surface area contributed by atoms with Crippen LogP contribution < -0.4 is 5.73 Å². The smallest absolute Gasteiger partial charge is 0.224 e. The number of hydrogen-bond acceptors (Lipinski definition) is 2. The van der Waals surface area contributed by atoms with E-state index in [4.69, 9.17) is 5.73 Å². The van der Waals surface area contributed by atoms with Crippen LogP contribution in [-0.4, -0.2) is 29.9 Å². The lowest BCUT2D eigenvalue weighted by Crippen LogP contribution is -2.57. The van der Waals surface area contributed by atoms with E-state index in [1.54, 1.807) is 0 Å². The largest absolute Gasteiger partial charge is 0.338 e. The zero-order valence-corrected chi connectivity index (χ0v) is 8.74. The van der Waals surface area contributed by atoms with Gasteiger partial charge in [0.25, 0.3) is 0 Å². The van der Waals surface area contributed by atoms with Gasteiger partial charge in [-0.3, -0.25) is 4.79 Å². The van der Waals surface area contributed by atoms with Crippen LogP contribution in [0.1, 0.15) is 38.5 Å². The van der Waals surface area contributed by atoms with E-state index in [0.717, 1.165) is 18.9 Å². The number of nitrogens with two attached hydrogens (primary N) is 1. The molecule has 1 aliphatic carbocycles. The van der Waals surface area contributed by atoms with Crippen molar-refractivity contribution in [2.45, 2.75) is 44.6 Å². The molecule has 0 aromatic carbocycles. The number of β-lactam (4-membered cyclic amide) rings is 1. The number of hydrogen-bond donors (Lipinski definition) is 1. The van der Waals surface area contributed by atoms with E-state index in [1.807, 2.05) is 4.90 Å². The minimum atomic E-state index is 0.311. The van der Waals surface area contributed by atoms with Crippen molar-refractivity contribution in [2.75, 3.05) is 13.1 Å². The van der Waals surface area contributed by atoms with Gasteiger partial charge in [0, 0.05) is 25.6 Å². The third-order valence-electron chi connectivity index (χ3n) is 3.67. The van der Waals surface area contributed by atoms with E-state index >= 15 is 0 Å². The normalized spacial score (nSPS) is 29.1.